The highest BCUT2D eigenvalue weighted by atomic mass is 32.2. The molecule has 1 heterocycles. The van der Waals surface area contributed by atoms with Gasteiger partial charge in [0, 0.05) is 18.3 Å². The van der Waals surface area contributed by atoms with Crippen molar-refractivity contribution in [3.63, 3.8) is 0 Å². The van der Waals surface area contributed by atoms with E-state index in [1.54, 1.807) is 26.2 Å². The van der Waals surface area contributed by atoms with E-state index in [2.05, 4.69) is 19.8 Å². The maximum atomic E-state index is 11.9. The summed E-state index contributed by atoms with van der Waals surface area (Å²) in [6.45, 7) is 5.19. The predicted octanol–water partition coefficient (Wildman–Crippen LogP) is 1.69. The molecule has 1 aromatic heterocycles. The zero-order valence-electron chi connectivity index (χ0n) is 14.9. The smallest absolute Gasteiger partial charge is 0.311 e. The van der Waals surface area contributed by atoms with Crippen molar-refractivity contribution in [3.8, 4) is 0 Å². The Morgan fingerprint density at radius 1 is 1.28 bits per heavy atom. The minimum Gasteiger partial charge on any atom is -0.469 e. The van der Waals surface area contributed by atoms with Crippen molar-refractivity contribution in [1.82, 2.24) is 9.71 Å². The molecule has 0 atom stereocenters. The molecule has 142 valence electrons. The van der Waals surface area contributed by atoms with Crippen LogP contribution < -0.4 is 10.0 Å². The summed E-state index contributed by atoms with van der Waals surface area (Å²) in [5.74, 6) is -0.585. The van der Waals surface area contributed by atoms with Crippen molar-refractivity contribution < 1.29 is 22.7 Å². The average molecular weight is 392 g/mol. The topological polar surface area (TPSA) is 114 Å². The highest BCUT2D eigenvalue weighted by Crippen LogP contribution is 2.17. The van der Waals surface area contributed by atoms with Gasteiger partial charge >= 0.3 is 5.97 Å². The summed E-state index contributed by atoms with van der Waals surface area (Å²) in [6, 6.07) is 0. The van der Waals surface area contributed by atoms with E-state index in [1.165, 1.54) is 18.4 Å². The first-order chi connectivity index (χ1) is 11.5. The van der Waals surface area contributed by atoms with Gasteiger partial charge in [0.2, 0.25) is 15.9 Å². The lowest BCUT2D eigenvalue weighted by molar-refractivity contribution is -0.139. The normalized spacial score (nSPS) is 12.0. The molecule has 0 radical (unpaired) electrons. The third-order valence-electron chi connectivity index (χ3n) is 3.28. The van der Waals surface area contributed by atoms with Crippen LogP contribution in [0, 0.1) is 0 Å². The monoisotopic (exact) mass is 391 g/mol. The third-order valence-corrected chi connectivity index (χ3v) is 6.28. The van der Waals surface area contributed by atoms with Crippen molar-refractivity contribution in [3.05, 3.63) is 11.1 Å². The fourth-order valence-corrected chi connectivity index (χ4v) is 3.25. The first-order valence-corrected chi connectivity index (χ1v) is 10.2. The van der Waals surface area contributed by atoms with Crippen LogP contribution in [-0.2, 0) is 30.8 Å². The lowest BCUT2D eigenvalue weighted by atomic mass is 10.2. The van der Waals surface area contributed by atoms with Crippen LogP contribution in [0.4, 0.5) is 5.13 Å². The minimum absolute atomic E-state index is 0.0663. The predicted molar refractivity (Wildman–Crippen MR) is 97.0 cm³/mol. The first-order valence-electron chi connectivity index (χ1n) is 7.85. The van der Waals surface area contributed by atoms with E-state index in [9.17, 15) is 18.0 Å². The molecular weight excluding hydrogens is 366 g/mol. The van der Waals surface area contributed by atoms with E-state index in [0.717, 1.165) is 0 Å². The summed E-state index contributed by atoms with van der Waals surface area (Å²) >= 11 is 1.24. The van der Waals surface area contributed by atoms with E-state index >= 15 is 0 Å². The molecule has 0 unspecified atom stereocenters. The van der Waals surface area contributed by atoms with Gasteiger partial charge in [-0.1, -0.05) is 0 Å². The third kappa shape index (κ3) is 7.49. The largest absolute Gasteiger partial charge is 0.469 e. The van der Waals surface area contributed by atoms with Crippen LogP contribution in [0.3, 0.4) is 0 Å². The number of carbonyl (C=O) groups excluding carboxylic acids is 2. The van der Waals surface area contributed by atoms with Crippen LogP contribution in [0.5, 0.6) is 0 Å². The molecule has 0 bridgehead atoms. The molecule has 0 saturated carbocycles. The molecule has 25 heavy (non-hydrogen) atoms. The van der Waals surface area contributed by atoms with Gasteiger partial charge in [-0.25, -0.2) is 18.1 Å². The molecule has 0 fully saturated rings. The second kappa shape index (κ2) is 9.25. The van der Waals surface area contributed by atoms with Crippen molar-refractivity contribution >= 4 is 38.4 Å². The van der Waals surface area contributed by atoms with Gasteiger partial charge in [-0.2, -0.15) is 0 Å². The molecule has 10 heteroatoms. The molecule has 8 nitrogen and oxygen atoms in total. The number of hydrogen-bond donors (Lipinski definition) is 2. The van der Waals surface area contributed by atoms with E-state index < -0.39 is 14.8 Å². The molecule has 0 saturated heterocycles. The molecule has 0 aliphatic heterocycles. The van der Waals surface area contributed by atoms with Gasteiger partial charge in [0.05, 0.1) is 24.0 Å². The molecule has 0 spiro atoms. The Morgan fingerprint density at radius 3 is 2.56 bits per heavy atom. The van der Waals surface area contributed by atoms with E-state index in [1.807, 2.05) is 0 Å². The maximum Gasteiger partial charge on any atom is 0.311 e. The van der Waals surface area contributed by atoms with E-state index in [0.29, 0.717) is 30.2 Å². The summed E-state index contributed by atoms with van der Waals surface area (Å²) < 4.78 is 30.0. The molecule has 1 amide bonds. The SMILES string of the molecule is COC(=O)Cc1csc(NC(=O)CCCCNS(=O)(=O)C(C)(C)C)n1. The van der Waals surface area contributed by atoms with Crippen molar-refractivity contribution in [1.29, 1.82) is 0 Å². The highest BCUT2D eigenvalue weighted by molar-refractivity contribution is 7.90. The number of anilines is 1. The van der Waals surface area contributed by atoms with Crippen molar-refractivity contribution in [2.24, 2.45) is 0 Å². The fourth-order valence-electron chi connectivity index (χ4n) is 1.68. The van der Waals surface area contributed by atoms with Crippen LogP contribution in [0.25, 0.3) is 0 Å². The molecular formula is C15H25N3O5S2. The standard InChI is InChI=1S/C15H25N3O5S2/c1-15(2,3)25(21,22)16-8-6-5-7-12(19)18-14-17-11(10-24-14)9-13(20)23-4/h10,16H,5-9H2,1-4H3,(H,17,18,19). The number of unbranched alkanes of at least 4 members (excludes halogenated alkanes) is 1. The number of rotatable bonds is 9. The zero-order valence-corrected chi connectivity index (χ0v) is 16.6. The lowest BCUT2D eigenvalue weighted by Crippen LogP contribution is -2.39. The summed E-state index contributed by atoms with van der Waals surface area (Å²) in [7, 11) is -2.05. The number of aromatic nitrogens is 1. The van der Waals surface area contributed by atoms with Gasteiger partial charge in [-0.05, 0) is 33.6 Å². The summed E-state index contributed by atoms with van der Waals surface area (Å²) in [4.78, 5) is 27.1. The number of thiazole rings is 1. The summed E-state index contributed by atoms with van der Waals surface area (Å²) in [5.41, 5.74) is 0.545. The van der Waals surface area contributed by atoms with E-state index in [-0.39, 0.29) is 24.7 Å². The van der Waals surface area contributed by atoms with Crippen LogP contribution in [-0.4, -0.2) is 43.7 Å². The molecule has 0 aliphatic rings. The van der Waals surface area contributed by atoms with Gasteiger partial charge in [0.1, 0.15) is 0 Å². The number of methoxy groups -OCH3 is 1. The molecule has 0 aromatic carbocycles. The summed E-state index contributed by atoms with van der Waals surface area (Å²) in [5, 5.41) is 4.78. The van der Waals surface area contributed by atoms with Gasteiger partial charge in [0.25, 0.3) is 0 Å². The van der Waals surface area contributed by atoms with Gasteiger partial charge in [-0.15, -0.1) is 11.3 Å². The maximum absolute atomic E-state index is 11.9. The molecule has 1 rings (SSSR count). The van der Waals surface area contributed by atoms with Crippen molar-refractivity contribution in [2.45, 2.75) is 51.2 Å². The number of esters is 1. The Balaban J connectivity index is 2.29. The minimum atomic E-state index is -3.35. The number of ether oxygens (including phenoxy) is 1. The number of sulfonamides is 1. The second-order valence-corrected chi connectivity index (χ2v) is 9.79. The molecule has 0 aliphatic carbocycles. The van der Waals surface area contributed by atoms with Crippen LogP contribution in [0.1, 0.15) is 45.7 Å². The van der Waals surface area contributed by atoms with Gasteiger partial charge in [-0.3, -0.25) is 9.59 Å². The zero-order chi connectivity index (χ0) is 19.1. The molecule has 1 aromatic rings. The Morgan fingerprint density at radius 2 is 1.96 bits per heavy atom. The van der Waals surface area contributed by atoms with Crippen LogP contribution in [0.2, 0.25) is 0 Å². The number of amides is 1. The Kier molecular flexibility index (Phi) is 7.97. The van der Waals surface area contributed by atoms with Gasteiger partial charge in [0.15, 0.2) is 5.13 Å². The summed E-state index contributed by atoms with van der Waals surface area (Å²) in [6.07, 6.45) is 1.45. The molecule has 2 N–H and O–H groups in total. The van der Waals surface area contributed by atoms with Crippen LogP contribution >= 0.6 is 11.3 Å². The fraction of sp³-hybridized carbons (Fsp3) is 0.667. The first kappa shape index (κ1) is 21.5. The van der Waals surface area contributed by atoms with E-state index in [4.69, 9.17) is 0 Å². The Labute approximate surface area is 152 Å². The lowest BCUT2D eigenvalue weighted by Gasteiger charge is -2.19. The Hall–Kier alpha value is -1.52. The Bertz CT molecular complexity index is 692. The number of hydrogen-bond acceptors (Lipinski definition) is 7. The van der Waals surface area contributed by atoms with Gasteiger partial charge < -0.3 is 10.1 Å². The second-order valence-electron chi connectivity index (χ2n) is 6.41. The van der Waals surface area contributed by atoms with Crippen LogP contribution in [0.15, 0.2) is 5.38 Å². The quantitative estimate of drug-likeness (QED) is 0.489. The highest BCUT2D eigenvalue weighted by Gasteiger charge is 2.27. The number of nitrogens with one attached hydrogen (secondary N) is 2. The van der Waals surface area contributed by atoms with Crippen molar-refractivity contribution in [2.75, 3.05) is 19.0 Å². The number of nitrogens with zero attached hydrogens (tertiary/aromatic N) is 1. The average Bonchev–Trinajstić information content (AvgIpc) is 2.92. The number of carbonyl (C=O) groups is 2.